The van der Waals surface area contributed by atoms with E-state index in [1.807, 2.05) is 0 Å². The molecule has 1 aliphatic carbocycles. The van der Waals surface area contributed by atoms with E-state index in [1.54, 1.807) is 6.92 Å². The number of aliphatic carboxylic acids is 1. The van der Waals surface area contributed by atoms with Crippen LogP contribution in [0.3, 0.4) is 0 Å². The van der Waals surface area contributed by atoms with Gasteiger partial charge in [-0.1, -0.05) is 0 Å². The van der Waals surface area contributed by atoms with Crippen LogP contribution < -0.4 is 0 Å². The predicted octanol–water partition coefficient (Wildman–Crippen LogP) is 2.70. The SMILES string of the molecule is CC1=C(CC(=O)O)C2=CC(=O)C(F)CC2N1C(=O)c1csc(F)c1. The Morgan fingerprint density at radius 2 is 2.17 bits per heavy atom. The van der Waals surface area contributed by atoms with Crippen molar-refractivity contribution in [1.29, 1.82) is 0 Å². The third-order valence-electron chi connectivity index (χ3n) is 4.22. The highest BCUT2D eigenvalue weighted by Crippen LogP contribution is 2.41. The van der Waals surface area contributed by atoms with Crippen LogP contribution in [0.4, 0.5) is 8.78 Å². The molecule has 1 aliphatic heterocycles. The number of alkyl halides is 1. The Hall–Kier alpha value is -2.35. The number of hydrogen-bond donors (Lipinski definition) is 1. The Balaban J connectivity index is 2.06. The predicted molar refractivity (Wildman–Crippen MR) is 81.8 cm³/mol. The lowest BCUT2D eigenvalue weighted by Crippen LogP contribution is -2.41. The molecule has 0 aromatic carbocycles. The van der Waals surface area contributed by atoms with Crippen molar-refractivity contribution in [2.24, 2.45) is 0 Å². The molecule has 1 amide bonds. The fraction of sp³-hybridized carbons (Fsp3) is 0.312. The second-order valence-corrected chi connectivity index (χ2v) is 6.53. The standard InChI is InChI=1S/C16H13F2NO4S/c1-7-9(4-15(21)22)10-3-13(20)11(17)5-12(10)19(7)16(23)8-2-14(18)24-6-8/h2-3,6,11-12H,4-5H2,1H3,(H,21,22). The molecule has 2 unspecified atom stereocenters. The number of carbonyl (C=O) groups excluding carboxylic acids is 2. The van der Waals surface area contributed by atoms with E-state index in [0.717, 1.165) is 23.5 Å². The molecule has 3 rings (SSSR count). The number of rotatable bonds is 3. The van der Waals surface area contributed by atoms with Crippen molar-refractivity contribution in [2.75, 3.05) is 0 Å². The molecule has 24 heavy (non-hydrogen) atoms. The summed E-state index contributed by atoms with van der Waals surface area (Å²) in [6.07, 6.45) is -1.27. The molecule has 2 atom stereocenters. The third kappa shape index (κ3) is 2.66. The van der Waals surface area contributed by atoms with Crippen LogP contribution in [0.2, 0.25) is 0 Å². The Morgan fingerprint density at radius 3 is 2.75 bits per heavy atom. The second-order valence-electron chi connectivity index (χ2n) is 5.67. The quantitative estimate of drug-likeness (QED) is 0.907. The van der Waals surface area contributed by atoms with E-state index in [-0.39, 0.29) is 18.4 Å². The summed E-state index contributed by atoms with van der Waals surface area (Å²) in [4.78, 5) is 36.7. The Morgan fingerprint density at radius 1 is 1.46 bits per heavy atom. The van der Waals surface area contributed by atoms with Crippen molar-refractivity contribution in [1.82, 2.24) is 4.90 Å². The molecule has 0 fully saturated rings. The molecule has 0 saturated carbocycles. The molecule has 2 heterocycles. The zero-order valence-electron chi connectivity index (χ0n) is 12.6. The molecule has 1 aromatic rings. The van der Waals surface area contributed by atoms with Crippen molar-refractivity contribution in [3.05, 3.63) is 45.1 Å². The molecule has 0 radical (unpaired) electrons. The Labute approximate surface area is 139 Å². The number of allylic oxidation sites excluding steroid dienone is 2. The van der Waals surface area contributed by atoms with Crippen molar-refractivity contribution < 1.29 is 28.3 Å². The van der Waals surface area contributed by atoms with Gasteiger partial charge in [0.25, 0.3) is 5.91 Å². The number of carboxylic acid groups (broad SMARTS) is 1. The molecule has 1 N–H and O–H groups in total. The zero-order valence-corrected chi connectivity index (χ0v) is 13.4. The summed E-state index contributed by atoms with van der Waals surface area (Å²) in [5.41, 5.74) is 1.15. The van der Waals surface area contributed by atoms with Crippen LogP contribution in [0.15, 0.2) is 34.4 Å². The van der Waals surface area contributed by atoms with Crippen LogP contribution in [-0.2, 0) is 9.59 Å². The van der Waals surface area contributed by atoms with E-state index < -0.39 is 35.0 Å². The molecular formula is C16H13F2NO4S. The lowest BCUT2D eigenvalue weighted by Gasteiger charge is -2.30. The Kier molecular flexibility index (Phi) is 4.08. The number of amides is 1. The van der Waals surface area contributed by atoms with E-state index in [2.05, 4.69) is 0 Å². The van der Waals surface area contributed by atoms with E-state index in [4.69, 9.17) is 5.11 Å². The fourth-order valence-electron chi connectivity index (χ4n) is 3.14. The van der Waals surface area contributed by atoms with Gasteiger partial charge in [-0.25, -0.2) is 4.39 Å². The van der Waals surface area contributed by atoms with E-state index in [9.17, 15) is 23.2 Å². The van der Waals surface area contributed by atoms with Crippen LogP contribution in [0.5, 0.6) is 0 Å². The van der Waals surface area contributed by atoms with Crippen LogP contribution in [0, 0.1) is 5.13 Å². The number of hydrogen-bond acceptors (Lipinski definition) is 4. The maximum atomic E-state index is 13.9. The molecule has 0 saturated heterocycles. The lowest BCUT2D eigenvalue weighted by molar-refractivity contribution is -0.136. The average molecular weight is 353 g/mol. The first-order valence-corrected chi connectivity index (χ1v) is 8.06. The number of carboxylic acids is 1. The van der Waals surface area contributed by atoms with Crippen LogP contribution >= 0.6 is 11.3 Å². The van der Waals surface area contributed by atoms with Crippen molar-refractivity contribution in [2.45, 2.75) is 32.0 Å². The van der Waals surface area contributed by atoms with Gasteiger partial charge in [-0.05, 0) is 30.2 Å². The lowest BCUT2D eigenvalue weighted by atomic mass is 9.88. The van der Waals surface area contributed by atoms with Gasteiger partial charge in [0.1, 0.15) is 0 Å². The fourth-order valence-corrected chi connectivity index (χ4v) is 3.74. The molecule has 0 bridgehead atoms. The number of thiophene rings is 1. The van der Waals surface area contributed by atoms with Crippen LogP contribution in [-0.4, -0.2) is 39.9 Å². The number of halogens is 2. The van der Waals surface area contributed by atoms with Gasteiger partial charge in [0.15, 0.2) is 17.1 Å². The first kappa shape index (κ1) is 16.5. The maximum Gasteiger partial charge on any atom is 0.307 e. The van der Waals surface area contributed by atoms with Gasteiger partial charge in [0, 0.05) is 17.5 Å². The first-order chi connectivity index (χ1) is 11.3. The smallest absolute Gasteiger partial charge is 0.307 e. The van der Waals surface area contributed by atoms with Gasteiger partial charge >= 0.3 is 5.97 Å². The first-order valence-electron chi connectivity index (χ1n) is 7.18. The molecule has 126 valence electrons. The maximum absolute atomic E-state index is 13.9. The molecular weight excluding hydrogens is 340 g/mol. The molecule has 8 heteroatoms. The van der Waals surface area contributed by atoms with Gasteiger partial charge in [0.05, 0.1) is 18.0 Å². The minimum absolute atomic E-state index is 0.111. The topological polar surface area (TPSA) is 74.7 Å². The third-order valence-corrected chi connectivity index (χ3v) is 4.93. The second kappa shape index (κ2) is 5.94. The van der Waals surface area contributed by atoms with Gasteiger partial charge in [-0.15, -0.1) is 11.3 Å². The van der Waals surface area contributed by atoms with Gasteiger partial charge in [-0.2, -0.15) is 4.39 Å². The summed E-state index contributed by atoms with van der Waals surface area (Å²) in [5, 5.41) is 9.90. The van der Waals surface area contributed by atoms with E-state index in [1.165, 1.54) is 10.3 Å². The van der Waals surface area contributed by atoms with Crippen molar-refractivity contribution in [3.8, 4) is 0 Å². The van der Waals surface area contributed by atoms with Crippen molar-refractivity contribution >= 4 is 29.0 Å². The highest BCUT2D eigenvalue weighted by molar-refractivity contribution is 7.08. The average Bonchev–Trinajstić information content (AvgIpc) is 3.03. The van der Waals surface area contributed by atoms with Crippen LogP contribution in [0.25, 0.3) is 0 Å². The minimum Gasteiger partial charge on any atom is -0.481 e. The molecule has 2 aliphatic rings. The van der Waals surface area contributed by atoms with Gasteiger partial charge in [-0.3, -0.25) is 14.4 Å². The van der Waals surface area contributed by atoms with Gasteiger partial charge in [0.2, 0.25) is 0 Å². The summed E-state index contributed by atoms with van der Waals surface area (Å²) < 4.78 is 27.1. The highest BCUT2D eigenvalue weighted by atomic mass is 32.1. The summed E-state index contributed by atoms with van der Waals surface area (Å²) >= 11 is 0.767. The monoisotopic (exact) mass is 353 g/mol. The largest absolute Gasteiger partial charge is 0.481 e. The molecule has 1 aromatic heterocycles. The highest BCUT2D eigenvalue weighted by Gasteiger charge is 2.43. The summed E-state index contributed by atoms with van der Waals surface area (Å²) in [6.45, 7) is 1.55. The van der Waals surface area contributed by atoms with Crippen molar-refractivity contribution in [3.63, 3.8) is 0 Å². The van der Waals surface area contributed by atoms with E-state index >= 15 is 0 Å². The number of nitrogens with zero attached hydrogens (tertiary/aromatic N) is 1. The number of ketones is 1. The number of carbonyl (C=O) groups is 3. The normalized spacial score (nSPS) is 23.4. The number of fused-ring (bicyclic) bond motifs is 1. The minimum atomic E-state index is -1.75. The van der Waals surface area contributed by atoms with Crippen LogP contribution in [0.1, 0.15) is 30.1 Å². The summed E-state index contributed by atoms with van der Waals surface area (Å²) in [6, 6.07) is 0.335. The molecule has 5 nitrogen and oxygen atoms in total. The zero-order chi connectivity index (χ0) is 17.6. The van der Waals surface area contributed by atoms with Gasteiger partial charge < -0.3 is 10.0 Å². The summed E-state index contributed by atoms with van der Waals surface area (Å²) in [7, 11) is 0. The summed E-state index contributed by atoms with van der Waals surface area (Å²) in [5.74, 6) is -2.38. The molecule has 0 spiro atoms. The Bertz CT molecular complexity index is 811. The van der Waals surface area contributed by atoms with E-state index in [0.29, 0.717) is 16.8 Å².